The van der Waals surface area contributed by atoms with Crippen molar-refractivity contribution >= 4 is 5.91 Å². The summed E-state index contributed by atoms with van der Waals surface area (Å²) in [5, 5.41) is 24.9. The molecule has 0 aliphatic carbocycles. The highest BCUT2D eigenvalue weighted by Gasteiger charge is 2.50. The summed E-state index contributed by atoms with van der Waals surface area (Å²) in [6.45, 7) is 2.69. The second-order valence-corrected chi connectivity index (χ2v) is 11.6. The zero-order valence-electron chi connectivity index (χ0n) is 24.9. The van der Waals surface area contributed by atoms with Crippen molar-refractivity contribution in [2.24, 2.45) is 0 Å². The maximum Gasteiger partial charge on any atom is 0.223 e. The van der Waals surface area contributed by atoms with Gasteiger partial charge in [-0.05, 0) is 12.0 Å². The Kier molecular flexibility index (Phi) is 13.7. The van der Waals surface area contributed by atoms with E-state index in [2.05, 4.69) is 12.2 Å². The number of aliphatic hydroxyl groups is 2. The average Bonchev–Trinajstić information content (AvgIpc) is 3.01. The van der Waals surface area contributed by atoms with Crippen molar-refractivity contribution in [3.8, 4) is 0 Å². The quantitative estimate of drug-likeness (QED) is 0.209. The van der Waals surface area contributed by atoms with E-state index in [-0.39, 0.29) is 25.5 Å². The van der Waals surface area contributed by atoms with E-state index in [4.69, 9.17) is 18.9 Å². The summed E-state index contributed by atoms with van der Waals surface area (Å²) in [6.07, 6.45) is 6.63. The summed E-state index contributed by atoms with van der Waals surface area (Å²) < 4.78 is 24.4. The molecule has 42 heavy (non-hydrogen) atoms. The fraction of sp³-hybridized carbons (Fsp3) is 0.618. The first-order valence-corrected chi connectivity index (χ1v) is 15.8. The highest BCUT2D eigenvalue weighted by atomic mass is 16.7. The van der Waals surface area contributed by atoms with Crippen LogP contribution in [0.5, 0.6) is 0 Å². The molecule has 0 saturated carbocycles. The molecule has 4 rings (SSSR count). The van der Waals surface area contributed by atoms with Crippen molar-refractivity contribution in [1.82, 2.24) is 5.32 Å². The molecule has 0 bridgehead atoms. The molecule has 232 valence electrons. The van der Waals surface area contributed by atoms with Gasteiger partial charge in [0.2, 0.25) is 5.91 Å². The lowest BCUT2D eigenvalue weighted by Crippen LogP contribution is -2.66. The molecule has 0 aromatic heterocycles. The number of aliphatic hydroxyl groups excluding tert-OH is 2. The van der Waals surface area contributed by atoms with E-state index >= 15 is 0 Å². The maximum absolute atomic E-state index is 13.0. The third-order valence-electron chi connectivity index (χ3n) is 8.08. The Balaban J connectivity index is 1.29. The summed E-state index contributed by atoms with van der Waals surface area (Å²) in [5.74, 6) is -0.357. The monoisotopic (exact) mass is 583 g/mol. The number of amides is 1. The number of unbranched alkanes of at least 4 members (excludes halogenated alkanes) is 8. The molecule has 2 aromatic carbocycles. The predicted octanol–water partition coefficient (Wildman–Crippen LogP) is 5.56. The molecule has 7 atom stereocenters. The number of hydrogen-bond acceptors (Lipinski definition) is 7. The molecule has 8 heteroatoms. The summed E-state index contributed by atoms with van der Waals surface area (Å²) in [5.41, 5.74) is 1.78. The number of benzene rings is 2. The smallest absolute Gasteiger partial charge is 0.223 e. The number of carbonyl (C=O) groups is 1. The third kappa shape index (κ3) is 10.1. The van der Waals surface area contributed by atoms with Gasteiger partial charge in [-0.1, -0.05) is 125 Å². The molecule has 2 aromatic rings. The standard InChI is InChI=1S/C34H49NO7/c1-2-3-4-5-6-7-8-9-16-21-27(36)22-29(37)35-30-31(38)32-28(24-40-33(42-32)26-19-14-11-15-20-26)41-34(30)39-23-25-17-12-10-13-18-25/h10-15,17-20,27-28,30-34,36,38H,2-9,16,21-24H2,1H3,(H,35,37)/t27-,28+,30+,31+,32+,33?,34-/m0/s1. The molecule has 2 fully saturated rings. The fourth-order valence-electron chi connectivity index (χ4n) is 5.67. The van der Waals surface area contributed by atoms with Crippen LogP contribution in [0.15, 0.2) is 60.7 Å². The van der Waals surface area contributed by atoms with Crippen LogP contribution in [0, 0.1) is 0 Å². The van der Waals surface area contributed by atoms with Gasteiger partial charge in [-0.2, -0.15) is 0 Å². The van der Waals surface area contributed by atoms with Gasteiger partial charge in [-0.15, -0.1) is 0 Å². The van der Waals surface area contributed by atoms with Crippen LogP contribution in [-0.4, -0.2) is 59.5 Å². The van der Waals surface area contributed by atoms with E-state index in [1.165, 1.54) is 38.5 Å². The first-order valence-electron chi connectivity index (χ1n) is 15.8. The maximum atomic E-state index is 13.0. The highest BCUT2D eigenvalue weighted by Crippen LogP contribution is 2.34. The first kappa shape index (κ1) is 32.6. The molecule has 2 saturated heterocycles. The van der Waals surface area contributed by atoms with Crippen molar-refractivity contribution in [3.63, 3.8) is 0 Å². The van der Waals surface area contributed by atoms with Gasteiger partial charge in [0.05, 0.1) is 25.7 Å². The zero-order valence-corrected chi connectivity index (χ0v) is 24.9. The molecule has 2 aliphatic rings. The molecular formula is C34H49NO7. The van der Waals surface area contributed by atoms with E-state index in [0.29, 0.717) is 6.42 Å². The number of nitrogens with one attached hydrogen (secondary N) is 1. The van der Waals surface area contributed by atoms with Crippen molar-refractivity contribution in [1.29, 1.82) is 0 Å². The summed E-state index contributed by atoms with van der Waals surface area (Å²) >= 11 is 0. The summed E-state index contributed by atoms with van der Waals surface area (Å²) in [4.78, 5) is 13.0. The number of hydrogen-bond donors (Lipinski definition) is 3. The third-order valence-corrected chi connectivity index (χ3v) is 8.08. The van der Waals surface area contributed by atoms with E-state index in [1.807, 2.05) is 60.7 Å². The Morgan fingerprint density at radius 1 is 0.929 bits per heavy atom. The van der Waals surface area contributed by atoms with Crippen molar-refractivity contribution in [2.75, 3.05) is 6.61 Å². The molecule has 1 amide bonds. The lowest BCUT2D eigenvalue weighted by molar-refractivity contribution is -0.345. The van der Waals surface area contributed by atoms with E-state index in [9.17, 15) is 15.0 Å². The van der Waals surface area contributed by atoms with E-state index in [1.54, 1.807) is 0 Å². The minimum Gasteiger partial charge on any atom is -0.393 e. The minimum absolute atomic E-state index is 0.0453. The van der Waals surface area contributed by atoms with Crippen LogP contribution in [0.4, 0.5) is 0 Å². The Labute approximate surface area is 250 Å². The van der Waals surface area contributed by atoms with Crippen molar-refractivity contribution in [3.05, 3.63) is 71.8 Å². The van der Waals surface area contributed by atoms with Crippen molar-refractivity contribution in [2.45, 2.75) is 127 Å². The van der Waals surface area contributed by atoms with Gasteiger partial charge in [0.25, 0.3) is 0 Å². The number of carbonyl (C=O) groups excluding carboxylic acids is 1. The molecule has 0 radical (unpaired) electrons. The van der Waals surface area contributed by atoms with Crippen LogP contribution in [0.25, 0.3) is 0 Å². The van der Waals surface area contributed by atoms with Gasteiger partial charge in [0.15, 0.2) is 12.6 Å². The van der Waals surface area contributed by atoms with Gasteiger partial charge in [0, 0.05) is 5.56 Å². The fourth-order valence-corrected chi connectivity index (χ4v) is 5.67. The SMILES string of the molecule is CCCCCCCCCCC[C@H](O)CC(=O)N[C@H]1[C@@H](OCc2ccccc2)O[C@@H]2COC(c3ccccc3)O[C@H]2[C@@H]1O. The van der Waals surface area contributed by atoms with Gasteiger partial charge < -0.3 is 34.5 Å². The van der Waals surface area contributed by atoms with Crippen molar-refractivity contribution < 1.29 is 34.0 Å². The number of fused-ring (bicyclic) bond motifs is 1. The highest BCUT2D eigenvalue weighted by molar-refractivity contribution is 5.76. The molecule has 0 spiro atoms. The Morgan fingerprint density at radius 2 is 1.57 bits per heavy atom. The second-order valence-electron chi connectivity index (χ2n) is 11.6. The molecular weight excluding hydrogens is 534 g/mol. The normalized spacial score (nSPS) is 26.4. The topological polar surface area (TPSA) is 106 Å². The van der Waals surface area contributed by atoms with Gasteiger partial charge in [-0.3, -0.25) is 4.79 Å². The van der Waals surface area contributed by atoms with Crippen LogP contribution in [-0.2, 0) is 30.3 Å². The Bertz CT molecular complexity index is 1020. The Hall–Kier alpha value is -2.33. The first-order chi connectivity index (χ1) is 20.5. The average molecular weight is 584 g/mol. The minimum atomic E-state index is -1.10. The van der Waals surface area contributed by atoms with Crippen LogP contribution in [0.1, 0.15) is 95.0 Å². The van der Waals surface area contributed by atoms with Crippen LogP contribution in [0.3, 0.4) is 0 Å². The molecule has 3 N–H and O–H groups in total. The summed E-state index contributed by atoms with van der Waals surface area (Å²) in [7, 11) is 0. The molecule has 2 heterocycles. The van der Waals surface area contributed by atoms with E-state index in [0.717, 1.165) is 30.4 Å². The number of rotatable bonds is 17. The van der Waals surface area contributed by atoms with Crippen LogP contribution >= 0.6 is 0 Å². The lowest BCUT2D eigenvalue weighted by atomic mass is 9.95. The van der Waals surface area contributed by atoms with E-state index < -0.39 is 43.0 Å². The zero-order chi connectivity index (χ0) is 29.6. The van der Waals surface area contributed by atoms with Gasteiger partial charge in [0.1, 0.15) is 24.4 Å². The molecule has 2 aliphatic heterocycles. The molecule has 8 nitrogen and oxygen atoms in total. The summed E-state index contributed by atoms with van der Waals surface area (Å²) in [6, 6.07) is 18.3. The van der Waals surface area contributed by atoms with Gasteiger partial charge >= 0.3 is 0 Å². The van der Waals surface area contributed by atoms with Crippen LogP contribution in [0.2, 0.25) is 0 Å². The largest absolute Gasteiger partial charge is 0.393 e. The van der Waals surface area contributed by atoms with Crippen LogP contribution < -0.4 is 5.32 Å². The van der Waals surface area contributed by atoms with Gasteiger partial charge in [-0.25, -0.2) is 0 Å². The lowest BCUT2D eigenvalue weighted by Gasteiger charge is -2.47. The predicted molar refractivity (Wildman–Crippen MR) is 160 cm³/mol. The number of ether oxygens (including phenoxy) is 4. The second kappa shape index (κ2) is 17.7. The Morgan fingerprint density at radius 3 is 2.26 bits per heavy atom. The molecule has 1 unspecified atom stereocenters.